The van der Waals surface area contributed by atoms with Crippen molar-refractivity contribution in [2.75, 3.05) is 0 Å². The van der Waals surface area contributed by atoms with Gasteiger partial charge in [0.1, 0.15) is 14.1 Å². The second kappa shape index (κ2) is 7.89. The van der Waals surface area contributed by atoms with E-state index >= 15 is 0 Å². The van der Waals surface area contributed by atoms with Crippen LogP contribution < -0.4 is 9.13 Å². The Balaban J connectivity index is 2.58. The molecule has 2 aromatic heterocycles. The fourth-order valence-corrected chi connectivity index (χ4v) is 4.55. The lowest BCUT2D eigenvalue weighted by Crippen LogP contribution is -2.37. The monoisotopic (exact) mass is 416 g/mol. The number of benzene rings is 1. The Morgan fingerprint density at radius 2 is 0.935 bits per heavy atom. The van der Waals surface area contributed by atoms with E-state index in [1.165, 1.54) is 50.6 Å². The normalized spacial score (nSPS) is 12.4. The van der Waals surface area contributed by atoms with Crippen LogP contribution in [0.15, 0.2) is 42.5 Å². The van der Waals surface area contributed by atoms with Crippen LogP contribution in [0.5, 0.6) is 0 Å². The molecule has 31 heavy (non-hydrogen) atoms. The Morgan fingerprint density at radius 3 is 1.26 bits per heavy atom. The molecule has 0 unspecified atom stereocenters. The fraction of sp³-hybridized carbons (Fsp3) is 0.448. The molecule has 0 atom stereocenters. The maximum atomic E-state index is 2.49. The largest absolute Gasteiger partial charge is 0.213 e. The topological polar surface area (TPSA) is 7.76 Å². The summed E-state index contributed by atoms with van der Waals surface area (Å²) in [5.41, 5.74) is 12.1. The van der Waals surface area contributed by atoms with E-state index in [2.05, 4.69) is 128 Å². The summed E-state index contributed by atoms with van der Waals surface area (Å²) in [5, 5.41) is 0. The second-order valence-corrected chi connectivity index (χ2v) is 11.1. The van der Waals surface area contributed by atoms with Crippen molar-refractivity contribution in [3.05, 3.63) is 70.5 Å². The van der Waals surface area contributed by atoms with Gasteiger partial charge < -0.3 is 0 Å². The third-order valence-electron chi connectivity index (χ3n) is 6.67. The maximum absolute atomic E-state index is 2.49. The lowest BCUT2D eigenvalue weighted by Gasteiger charge is -2.31. The van der Waals surface area contributed by atoms with Crippen LogP contribution in [-0.2, 0) is 24.9 Å². The van der Waals surface area contributed by atoms with Gasteiger partial charge in [0.05, 0.1) is 11.1 Å². The van der Waals surface area contributed by atoms with E-state index in [1.807, 2.05) is 0 Å². The van der Waals surface area contributed by atoms with Crippen LogP contribution in [0.1, 0.15) is 69.6 Å². The molecule has 0 fully saturated rings. The molecule has 3 aromatic rings. The van der Waals surface area contributed by atoms with E-state index < -0.39 is 0 Å². The average molecular weight is 417 g/mol. The zero-order valence-corrected chi connectivity index (χ0v) is 21.4. The zero-order valence-electron chi connectivity index (χ0n) is 21.4. The lowest BCUT2D eigenvalue weighted by molar-refractivity contribution is -0.666. The van der Waals surface area contributed by atoms with Crippen molar-refractivity contribution in [2.45, 2.75) is 73.1 Å². The van der Waals surface area contributed by atoms with Gasteiger partial charge in [0, 0.05) is 38.1 Å². The van der Waals surface area contributed by atoms with E-state index in [4.69, 9.17) is 0 Å². The van der Waals surface area contributed by atoms with Crippen LogP contribution >= 0.6 is 0 Å². The summed E-state index contributed by atoms with van der Waals surface area (Å²) in [6.45, 7) is 20.7. The standard InChI is InChI=1S/C29H40N2/c1-19-14-12-16-24(30(19)10)26-21(3)27(25-17-13-15-20(2)31(25)11)23(29(7,8)9)18-22(26)28(4,5)6/h12-18H,1-11H3/q+2. The van der Waals surface area contributed by atoms with Gasteiger partial charge in [0.25, 0.3) is 0 Å². The lowest BCUT2D eigenvalue weighted by atomic mass is 9.73. The molecule has 0 saturated carbocycles. The minimum Gasteiger partial charge on any atom is -0.199 e. The minimum atomic E-state index is 0.0319. The zero-order chi connectivity index (χ0) is 23.3. The maximum Gasteiger partial charge on any atom is 0.213 e. The molecule has 0 N–H and O–H groups in total. The first-order chi connectivity index (χ1) is 14.2. The van der Waals surface area contributed by atoms with E-state index in [9.17, 15) is 0 Å². The predicted octanol–water partition coefficient (Wildman–Crippen LogP) is 6.19. The molecule has 0 amide bonds. The van der Waals surface area contributed by atoms with Gasteiger partial charge in [-0.1, -0.05) is 47.6 Å². The number of aromatic nitrogens is 2. The van der Waals surface area contributed by atoms with Crippen molar-refractivity contribution in [2.24, 2.45) is 14.1 Å². The molecule has 1 aromatic carbocycles. The number of nitrogens with zero attached hydrogens (tertiary/aromatic N) is 2. The Morgan fingerprint density at radius 1 is 0.581 bits per heavy atom. The van der Waals surface area contributed by atoms with Gasteiger partial charge in [-0.05, 0) is 46.6 Å². The van der Waals surface area contributed by atoms with Gasteiger partial charge in [0.15, 0.2) is 11.4 Å². The van der Waals surface area contributed by atoms with Gasteiger partial charge in [0.2, 0.25) is 11.4 Å². The molecular weight excluding hydrogens is 376 g/mol. The summed E-state index contributed by atoms with van der Waals surface area (Å²) in [4.78, 5) is 0. The molecule has 2 nitrogen and oxygen atoms in total. The molecule has 164 valence electrons. The number of rotatable bonds is 2. The molecule has 0 aliphatic rings. The smallest absolute Gasteiger partial charge is 0.199 e. The molecule has 2 heterocycles. The summed E-state index contributed by atoms with van der Waals surface area (Å²) in [6, 6.07) is 15.7. The summed E-state index contributed by atoms with van der Waals surface area (Å²) in [7, 11) is 4.36. The van der Waals surface area contributed by atoms with Crippen LogP contribution in [0.2, 0.25) is 0 Å². The number of hydrogen-bond donors (Lipinski definition) is 0. The van der Waals surface area contributed by atoms with Crippen molar-refractivity contribution in [3.8, 4) is 22.5 Å². The Kier molecular flexibility index (Phi) is 5.90. The van der Waals surface area contributed by atoms with Gasteiger partial charge >= 0.3 is 0 Å². The molecule has 0 radical (unpaired) electrons. The van der Waals surface area contributed by atoms with Gasteiger partial charge in [-0.3, -0.25) is 0 Å². The highest BCUT2D eigenvalue weighted by Gasteiger charge is 2.33. The van der Waals surface area contributed by atoms with Gasteiger partial charge in [-0.15, -0.1) is 0 Å². The molecular formula is C29H40N2+2. The second-order valence-electron chi connectivity index (χ2n) is 11.1. The highest BCUT2D eigenvalue weighted by atomic mass is 15.0. The van der Waals surface area contributed by atoms with E-state index in [1.54, 1.807) is 0 Å². The van der Waals surface area contributed by atoms with Gasteiger partial charge in [-0.25, -0.2) is 0 Å². The summed E-state index contributed by atoms with van der Waals surface area (Å²) < 4.78 is 4.66. The van der Waals surface area contributed by atoms with Crippen molar-refractivity contribution >= 4 is 0 Å². The van der Waals surface area contributed by atoms with Crippen molar-refractivity contribution in [3.63, 3.8) is 0 Å². The SMILES string of the molecule is Cc1c(-c2cccc(C)[n+]2C)c(C(C)(C)C)cc(C(C)(C)C)c1-c1cccc(C)[n+]1C. The van der Waals surface area contributed by atoms with Crippen LogP contribution in [0, 0.1) is 20.8 Å². The molecule has 0 bridgehead atoms. The van der Waals surface area contributed by atoms with Crippen LogP contribution in [0.25, 0.3) is 22.5 Å². The van der Waals surface area contributed by atoms with Crippen LogP contribution in [0.4, 0.5) is 0 Å². The van der Waals surface area contributed by atoms with Gasteiger partial charge in [-0.2, -0.15) is 9.13 Å². The summed E-state index contributed by atoms with van der Waals surface area (Å²) in [5.74, 6) is 0. The number of pyridine rings is 2. The molecule has 0 aliphatic heterocycles. The third kappa shape index (κ3) is 4.18. The van der Waals surface area contributed by atoms with Crippen LogP contribution in [-0.4, -0.2) is 0 Å². The van der Waals surface area contributed by atoms with Crippen molar-refractivity contribution < 1.29 is 9.13 Å². The number of hydrogen-bond acceptors (Lipinski definition) is 0. The first-order valence-corrected chi connectivity index (χ1v) is 11.4. The summed E-state index contributed by atoms with van der Waals surface area (Å²) >= 11 is 0. The molecule has 2 heteroatoms. The molecule has 0 aliphatic carbocycles. The highest BCUT2D eigenvalue weighted by Crippen LogP contribution is 2.44. The van der Waals surface area contributed by atoms with Crippen LogP contribution in [0.3, 0.4) is 0 Å². The first-order valence-electron chi connectivity index (χ1n) is 11.4. The Labute approximate surface area is 189 Å². The van der Waals surface area contributed by atoms with E-state index in [-0.39, 0.29) is 10.8 Å². The van der Waals surface area contributed by atoms with Crippen molar-refractivity contribution in [1.29, 1.82) is 0 Å². The van der Waals surface area contributed by atoms with E-state index in [0.717, 1.165) is 0 Å². The third-order valence-corrected chi connectivity index (χ3v) is 6.67. The average Bonchev–Trinajstić information content (AvgIpc) is 2.64. The fourth-order valence-electron chi connectivity index (χ4n) is 4.55. The number of aryl methyl sites for hydroxylation is 2. The predicted molar refractivity (Wildman–Crippen MR) is 131 cm³/mol. The van der Waals surface area contributed by atoms with E-state index in [0.29, 0.717) is 0 Å². The highest BCUT2D eigenvalue weighted by molar-refractivity contribution is 5.80. The minimum absolute atomic E-state index is 0.0319. The summed E-state index contributed by atoms with van der Waals surface area (Å²) in [6.07, 6.45) is 0. The quantitative estimate of drug-likeness (QED) is 0.440. The Hall–Kier alpha value is -2.48. The molecule has 0 saturated heterocycles. The first kappa shape index (κ1) is 23.2. The molecule has 3 rings (SSSR count). The Bertz CT molecular complexity index is 1050. The molecule has 0 spiro atoms. The van der Waals surface area contributed by atoms with Crippen molar-refractivity contribution in [1.82, 2.24) is 0 Å².